The number of fused-ring (bicyclic) bond motifs is 1. The molecule has 0 spiro atoms. The van der Waals surface area contributed by atoms with E-state index in [1.807, 2.05) is 22.8 Å². The van der Waals surface area contributed by atoms with E-state index in [0.717, 1.165) is 16.7 Å². The van der Waals surface area contributed by atoms with Crippen LogP contribution in [0.1, 0.15) is 23.8 Å². The smallest absolute Gasteiger partial charge is 0.354 e. The zero-order valence-electron chi connectivity index (χ0n) is 11.5. The fourth-order valence-electron chi connectivity index (χ4n) is 2.15. The molecule has 0 saturated heterocycles. The molecule has 5 heteroatoms. The van der Waals surface area contributed by atoms with Gasteiger partial charge in [-0.25, -0.2) is 4.79 Å². The Kier molecular flexibility index (Phi) is 4.26. The standard InChI is InChI=1S/C15H16N2O3/c1-3-20-15(18)14-10-11-9-12(19-2)5-6-13(11)17(14)8-4-7-16/h5-6,9-10H,3-4,8H2,1-2H3. The molecule has 0 unspecified atom stereocenters. The highest BCUT2D eigenvalue weighted by atomic mass is 16.5. The van der Waals surface area contributed by atoms with Crippen LogP contribution < -0.4 is 4.74 Å². The van der Waals surface area contributed by atoms with Gasteiger partial charge in [-0.1, -0.05) is 0 Å². The van der Waals surface area contributed by atoms with Gasteiger partial charge in [-0.15, -0.1) is 0 Å². The highest BCUT2D eigenvalue weighted by Gasteiger charge is 2.16. The van der Waals surface area contributed by atoms with Crippen LogP contribution in [0.4, 0.5) is 0 Å². The number of ether oxygens (including phenoxy) is 2. The second-order valence-electron chi connectivity index (χ2n) is 4.23. The van der Waals surface area contributed by atoms with Gasteiger partial charge < -0.3 is 14.0 Å². The molecule has 0 saturated carbocycles. The summed E-state index contributed by atoms with van der Waals surface area (Å²) in [4.78, 5) is 12.0. The van der Waals surface area contributed by atoms with Gasteiger partial charge in [0, 0.05) is 17.4 Å². The number of rotatable bonds is 5. The van der Waals surface area contributed by atoms with Crippen molar-refractivity contribution in [2.75, 3.05) is 13.7 Å². The first-order chi connectivity index (χ1) is 9.71. The largest absolute Gasteiger partial charge is 0.497 e. The molecule has 104 valence electrons. The van der Waals surface area contributed by atoms with E-state index in [4.69, 9.17) is 14.7 Å². The van der Waals surface area contributed by atoms with E-state index in [-0.39, 0.29) is 5.97 Å². The van der Waals surface area contributed by atoms with Gasteiger partial charge in [-0.05, 0) is 31.2 Å². The third kappa shape index (κ3) is 2.59. The van der Waals surface area contributed by atoms with Crippen LogP contribution in [-0.4, -0.2) is 24.3 Å². The Bertz CT molecular complexity index is 668. The number of carbonyl (C=O) groups is 1. The van der Waals surface area contributed by atoms with E-state index < -0.39 is 0 Å². The van der Waals surface area contributed by atoms with E-state index in [2.05, 4.69) is 6.07 Å². The average Bonchev–Trinajstić information content (AvgIpc) is 2.83. The van der Waals surface area contributed by atoms with Gasteiger partial charge in [-0.3, -0.25) is 0 Å². The molecule has 0 amide bonds. The molecule has 1 heterocycles. The maximum Gasteiger partial charge on any atom is 0.354 e. The minimum absolute atomic E-state index is 0.321. The number of nitrogens with zero attached hydrogens (tertiary/aromatic N) is 2. The van der Waals surface area contributed by atoms with Gasteiger partial charge in [0.2, 0.25) is 0 Å². The summed E-state index contributed by atoms with van der Waals surface area (Å²) in [6, 6.07) is 9.44. The molecular weight excluding hydrogens is 256 g/mol. The lowest BCUT2D eigenvalue weighted by molar-refractivity contribution is 0.0514. The van der Waals surface area contributed by atoms with Crippen LogP contribution >= 0.6 is 0 Å². The monoisotopic (exact) mass is 272 g/mol. The molecule has 5 nitrogen and oxygen atoms in total. The molecule has 1 aromatic carbocycles. The van der Waals surface area contributed by atoms with Gasteiger partial charge in [0.1, 0.15) is 11.4 Å². The van der Waals surface area contributed by atoms with Crippen molar-refractivity contribution in [3.05, 3.63) is 30.0 Å². The Morgan fingerprint density at radius 1 is 1.40 bits per heavy atom. The summed E-state index contributed by atoms with van der Waals surface area (Å²) in [7, 11) is 1.60. The fraction of sp³-hybridized carbons (Fsp3) is 0.333. The van der Waals surface area contributed by atoms with Gasteiger partial charge in [-0.2, -0.15) is 5.26 Å². The molecule has 0 radical (unpaired) electrons. The molecule has 0 aliphatic rings. The Morgan fingerprint density at radius 3 is 2.85 bits per heavy atom. The van der Waals surface area contributed by atoms with Crippen molar-refractivity contribution in [2.45, 2.75) is 19.9 Å². The van der Waals surface area contributed by atoms with Crippen molar-refractivity contribution in [3.8, 4) is 11.8 Å². The highest BCUT2D eigenvalue weighted by Crippen LogP contribution is 2.25. The summed E-state index contributed by atoms with van der Waals surface area (Å²) in [6.07, 6.45) is 0.336. The lowest BCUT2D eigenvalue weighted by Gasteiger charge is -2.08. The molecule has 1 aromatic heterocycles. The SMILES string of the molecule is CCOC(=O)c1cc2cc(OC)ccc2n1CCC#N. The topological polar surface area (TPSA) is 64.2 Å². The number of methoxy groups -OCH3 is 1. The predicted octanol–water partition coefficient (Wildman–Crippen LogP) is 2.74. The van der Waals surface area contributed by atoms with Gasteiger partial charge >= 0.3 is 5.97 Å². The third-order valence-electron chi connectivity index (χ3n) is 3.04. The van der Waals surface area contributed by atoms with Crippen molar-refractivity contribution in [1.82, 2.24) is 4.57 Å². The first-order valence-corrected chi connectivity index (χ1v) is 6.42. The number of aryl methyl sites for hydroxylation is 1. The minimum atomic E-state index is -0.374. The van der Waals surface area contributed by atoms with E-state index in [9.17, 15) is 4.79 Å². The predicted molar refractivity (Wildman–Crippen MR) is 74.7 cm³/mol. The molecule has 0 fully saturated rings. The number of benzene rings is 1. The van der Waals surface area contributed by atoms with E-state index >= 15 is 0 Å². The zero-order chi connectivity index (χ0) is 14.5. The molecule has 2 rings (SSSR count). The first-order valence-electron chi connectivity index (χ1n) is 6.42. The minimum Gasteiger partial charge on any atom is -0.497 e. The number of aromatic nitrogens is 1. The van der Waals surface area contributed by atoms with Gasteiger partial charge in [0.15, 0.2) is 0 Å². The molecule has 2 aromatic rings. The lowest BCUT2D eigenvalue weighted by Crippen LogP contribution is -2.12. The second kappa shape index (κ2) is 6.11. The summed E-state index contributed by atoms with van der Waals surface area (Å²) in [6.45, 7) is 2.55. The fourth-order valence-corrected chi connectivity index (χ4v) is 2.15. The van der Waals surface area contributed by atoms with Crippen LogP contribution in [-0.2, 0) is 11.3 Å². The Morgan fingerprint density at radius 2 is 2.20 bits per heavy atom. The molecule has 0 bridgehead atoms. The van der Waals surface area contributed by atoms with Crippen LogP contribution in [0.5, 0.6) is 5.75 Å². The zero-order valence-corrected chi connectivity index (χ0v) is 11.5. The van der Waals surface area contributed by atoms with Crippen molar-refractivity contribution >= 4 is 16.9 Å². The van der Waals surface area contributed by atoms with Gasteiger partial charge in [0.25, 0.3) is 0 Å². The van der Waals surface area contributed by atoms with Crippen molar-refractivity contribution in [2.24, 2.45) is 0 Å². The summed E-state index contributed by atoms with van der Waals surface area (Å²) in [5, 5.41) is 9.65. The maximum absolute atomic E-state index is 12.0. The summed E-state index contributed by atoms with van der Waals surface area (Å²) in [5.41, 5.74) is 1.36. The van der Waals surface area contributed by atoms with Crippen LogP contribution in [0.15, 0.2) is 24.3 Å². The van der Waals surface area contributed by atoms with Crippen molar-refractivity contribution in [3.63, 3.8) is 0 Å². The number of hydrogen-bond acceptors (Lipinski definition) is 4. The van der Waals surface area contributed by atoms with Gasteiger partial charge in [0.05, 0.1) is 26.2 Å². The average molecular weight is 272 g/mol. The van der Waals surface area contributed by atoms with Crippen LogP contribution in [0.25, 0.3) is 10.9 Å². The number of nitriles is 1. The second-order valence-corrected chi connectivity index (χ2v) is 4.23. The molecule has 0 atom stereocenters. The van der Waals surface area contributed by atoms with Crippen molar-refractivity contribution < 1.29 is 14.3 Å². The van der Waals surface area contributed by atoms with Crippen LogP contribution in [0.2, 0.25) is 0 Å². The van der Waals surface area contributed by atoms with E-state index in [1.165, 1.54) is 0 Å². The number of hydrogen-bond donors (Lipinski definition) is 0. The molecule has 0 aliphatic carbocycles. The lowest BCUT2D eigenvalue weighted by atomic mass is 10.2. The Hall–Kier alpha value is -2.48. The maximum atomic E-state index is 12.0. The van der Waals surface area contributed by atoms with Crippen LogP contribution in [0.3, 0.4) is 0 Å². The Balaban J connectivity index is 2.53. The highest BCUT2D eigenvalue weighted by molar-refractivity contribution is 5.96. The van der Waals surface area contributed by atoms with Crippen molar-refractivity contribution in [1.29, 1.82) is 5.26 Å². The first kappa shape index (κ1) is 13.9. The summed E-state index contributed by atoms with van der Waals surface area (Å²) in [5.74, 6) is 0.353. The third-order valence-corrected chi connectivity index (χ3v) is 3.04. The van der Waals surface area contributed by atoms with Crippen LogP contribution in [0, 0.1) is 11.3 Å². The summed E-state index contributed by atoms with van der Waals surface area (Å²) < 4.78 is 12.1. The molecule has 0 aliphatic heterocycles. The molecular formula is C15H16N2O3. The summed E-state index contributed by atoms with van der Waals surface area (Å²) >= 11 is 0. The quantitative estimate of drug-likeness (QED) is 0.785. The number of esters is 1. The molecule has 0 N–H and O–H groups in total. The number of carbonyl (C=O) groups excluding carboxylic acids is 1. The van der Waals surface area contributed by atoms with E-state index in [0.29, 0.717) is 25.3 Å². The molecule has 20 heavy (non-hydrogen) atoms. The normalized spacial score (nSPS) is 10.2. The van der Waals surface area contributed by atoms with E-state index in [1.54, 1.807) is 20.1 Å². The Labute approximate surface area is 117 Å².